The molecule has 31 heavy (non-hydrogen) atoms. The topological polar surface area (TPSA) is 108 Å². The lowest BCUT2D eigenvalue weighted by molar-refractivity contribution is -0.192. The molecule has 0 radical (unpaired) electrons. The number of alkyl halides is 3. The van der Waals surface area contributed by atoms with E-state index in [-0.39, 0.29) is 5.75 Å². The number of amides is 1. The second-order valence-electron chi connectivity index (χ2n) is 6.57. The highest BCUT2D eigenvalue weighted by Crippen LogP contribution is 2.23. The number of ether oxygens (including phenoxy) is 1. The molecule has 1 unspecified atom stereocenters. The van der Waals surface area contributed by atoms with Gasteiger partial charge in [-0.05, 0) is 61.7 Å². The van der Waals surface area contributed by atoms with E-state index in [2.05, 4.69) is 29.7 Å². The SMILES string of the molecule is COc1ccc(CC(C)NCCc2ccc(O)c(NC=O)c2)cc1.O=C(O)C(F)(F)F. The first-order chi connectivity index (χ1) is 14.6. The quantitative estimate of drug-likeness (QED) is 0.350. The van der Waals surface area contributed by atoms with Crippen LogP contribution in [0.3, 0.4) is 0 Å². The molecule has 0 fully saturated rings. The Balaban J connectivity index is 0.000000592. The van der Waals surface area contributed by atoms with E-state index in [9.17, 15) is 23.1 Å². The largest absolute Gasteiger partial charge is 0.506 e. The second-order valence-corrected chi connectivity index (χ2v) is 6.57. The number of phenolic OH excluding ortho intramolecular Hbond substituents is 1. The van der Waals surface area contributed by atoms with Gasteiger partial charge in [-0.3, -0.25) is 4.79 Å². The summed E-state index contributed by atoms with van der Waals surface area (Å²) in [5, 5.41) is 22.7. The van der Waals surface area contributed by atoms with Crippen molar-refractivity contribution in [3.05, 3.63) is 53.6 Å². The third kappa shape index (κ3) is 9.85. The predicted molar refractivity (Wildman–Crippen MR) is 109 cm³/mol. The number of anilines is 1. The van der Waals surface area contributed by atoms with E-state index >= 15 is 0 Å². The molecule has 1 amide bonds. The summed E-state index contributed by atoms with van der Waals surface area (Å²) in [5.41, 5.74) is 2.76. The number of aromatic hydroxyl groups is 1. The molecule has 10 heteroatoms. The Morgan fingerprint density at radius 3 is 2.26 bits per heavy atom. The summed E-state index contributed by atoms with van der Waals surface area (Å²) in [7, 11) is 1.67. The van der Waals surface area contributed by atoms with Gasteiger partial charge in [-0.25, -0.2) is 4.79 Å². The lowest BCUT2D eigenvalue weighted by Crippen LogP contribution is -2.29. The van der Waals surface area contributed by atoms with Crippen molar-refractivity contribution in [3.63, 3.8) is 0 Å². The molecule has 2 aromatic carbocycles. The van der Waals surface area contributed by atoms with Crippen LogP contribution < -0.4 is 15.4 Å². The third-order valence-corrected chi connectivity index (χ3v) is 4.13. The van der Waals surface area contributed by atoms with Gasteiger partial charge >= 0.3 is 12.1 Å². The average Bonchev–Trinajstić information content (AvgIpc) is 2.71. The van der Waals surface area contributed by atoms with Crippen molar-refractivity contribution in [2.24, 2.45) is 0 Å². The number of rotatable bonds is 9. The molecule has 1 atom stereocenters. The van der Waals surface area contributed by atoms with Gasteiger partial charge in [-0.2, -0.15) is 13.2 Å². The number of carboxylic acids is 1. The number of nitrogens with one attached hydrogen (secondary N) is 2. The van der Waals surface area contributed by atoms with Crippen LogP contribution >= 0.6 is 0 Å². The summed E-state index contributed by atoms with van der Waals surface area (Å²) in [6.45, 7) is 2.98. The molecular formula is C21H25F3N2O5. The minimum absolute atomic E-state index is 0.0756. The first-order valence-corrected chi connectivity index (χ1v) is 9.25. The van der Waals surface area contributed by atoms with Crippen molar-refractivity contribution in [1.29, 1.82) is 0 Å². The molecule has 0 aliphatic heterocycles. The number of carbonyl (C=O) groups excluding carboxylic acids is 1. The van der Waals surface area contributed by atoms with Gasteiger partial charge in [0.15, 0.2) is 0 Å². The van der Waals surface area contributed by atoms with Crippen molar-refractivity contribution >= 4 is 18.1 Å². The van der Waals surface area contributed by atoms with E-state index in [0.717, 1.165) is 30.7 Å². The Bertz CT molecular complexity index is 842. The van der Waals surface area contributed by atoms with E-state index in [1.807, 2.05) is 18.2 Å². The molecule has 0 aliphatic rings. The van der Waals surface area contributed by atoms with Crippen LogP contribution in [0.2, 0.25) is 0 Å². The van der Waals surface area contributed by atoms with Crippen LogP contribution in [0.5, 0.6) is 11.5 Å². The molecule has 7 nitrogen and oxygen atoms in total. The zero-order valence-electron chi connectivity index (χ0n) is 17.1. The van der Waals surface area contributed by atoms with Crippen LogP contribution in [0.1, 0.15) is 18.1 Å². The number of phenols is 1. The first-order valence-electron chi connectivity index (χ1n) is 9.25. The minimum atomic E-state index is -5.08. The van der Waals surface area contributed by atoms with Gasteiger partial charge in [-0.15, -0.1) is 0 Å². The fourth-order valence-corrected chi connectivity index (χ4v) is 2.57. The number of hydrogen-bond donors (Lipinski definition) is 4. The fourth-order valence-electron chi connectivity index (χ4n) is 2.57. The third-order valence-electron chi connectivity index (χ3n) is 4.13. The zero-order chi connectivity index (χ0) is 23.4. The van der Waals surface area contributed by atoms with E-state index < -0.39 is 12.1 Å². The number of aliphatic carboxylic acids is 1. The maximum absolute atomic E-state index is 10.6. The lowest BCUT2D eigenvalue weighted by atomic mass is 10.1. The van der Waals surface area contributed by atoms with Crippen LogP contribution in [0.4, 0.5) is 18.9 Å². The van der Waals surface area contributed by atoms with Crippen LogP contribution in [-0.4, -0.2) is 48.5 Å². The van der Waals surface area contributed by atoms with Crippen LogP contribution in [-0.2, 0) is 22.4 Å². The maximum Gasteiger partial charge on any atom is 0.490 e. The Labute approximate surface area is 177 Å². The normalized spacial score (nSPS) is 11.6. The first kappa shape index (κ1) is 25.8. The van der Waals surface area contributed by atoms with Crippen molar-refractivity contribution in [1.82, 2.24) is 5.32 Å². The van der Waals surface area contributed by atoms with E-state index in [1.54, 1.807) is 19.2 Å². The number of hydrogen-bond acceptors (Lipinski definition) is 5. The van der Waals surface area contributed by atoms with Gasteiger partial charge in [0.1, 0.15) is 11.5 Å². The number of benzene rings is 2. The Morgan fingerprint density at radius 2 is 1.74 bits per heavy atom. The number of carboxylic acid groups (broad SMARTS) is 1. The zero-order valence-corrected chi connectivity index (χ0v) is 17.1. The van der Waals surface area contributed by atoms with Crippen molar-refractivity contribution in [2.45, 2.75) is 32.0 Å². The molecule has 170 valence electrons. The monoisotopic (exact) mass is 442 g/mol. The van der Waals surface area contributed by atoms with Gasteiger partial charge in [0.25, 0.3) is 0 Å². The molecule has 0 heterocycles. The molecule has 0 saturated carbocycles. The number of halogens is 3. The van der Waals surface area contributed by atoms with Crippen molar-refractivity contribution in [2.75, 3.05) is 19.0 Å². The van der Waals surface area contributed by atoms with Gasteiger partial charge in [0.05, 0.1) is 12.8 Å². The molecule has 2 rings (SSSR count). The molecule has 0 bridgehead atoms. The minimum Gasteiger partial charge on any atom is -0.506 e. The Kier molecular flexibility index (Phi) is 10.3. The fraction of sp³-hybridized carbons (Fsp3) is 0.333. The Hall–Kier alpha value is -3.27. The second kappa shape index (κ2) is 12.4. The predicted octanol–water partition coefficient (Wildman–Crippen LogP) is 3.37. The summed E-state index contributed by atoms with van der Waals surface area (Å²) in [6.07, 6.45) is -2.76. The van der Waals surface area contributed by atoms with Gasteiger partial charge < -0.3 is 25.6 Å². The summed E-state index contributed by atoms with van der Waals surface area (Å²) in [5.74, 6) is -1.81. The molecule has 2 aromatic rings. The molecule has 0 saturated heterocycles. The highest BCUT2D eigenvalue weighted by Gasteiger charge is 2.38. The summed E-state index contributed by atoms with van der Waals surface area (Å²) in [4.78, 5) is 19.4. The van der Waals surface area contributed by atoms with Gasteiger partial charge in [0.2, 0.25) is 6.41 Å². The summed E-state index contributed by atoms with van der Waals surface area (Å²) >= 11 is 0. The molecule has 0 aliphatic carbocycles. The average molecular weight is 442 g/mol. The van der Waals surface area contributed by atoms with Crippen molar-refractivity contribution in [3.8, 4) is 11.5 Å². The maximum atomic E-state index is 10.6. The van der Waals surface area contributed by atoms with Crippen LogP contribution in [0, 0.1) is 0 Å². The van der Waals surface area contributed by atoms with Gasteiger partial charge in [-0.1, -0.05) is 18.2 Å². The van der Waals surface area contributed by atoms with E-state index in [1.165, 1.54) is 5.56 Å². The van der Waals surface area contributed by atoms with E-state index in [4.69, 9.17) is 14.6 Å². The molecule has 0 aromatic heterocycles. The van der Waals surface area contributed by atoms with Crippen molar-refractivity contribution < 1.29 is 37.7 Å². The standard InChI is InChI=1S/C19H24N2O3.C2HF3O2/c1-14(11-15-3-6-17(24-2)7-4-15)20-10-9-16-5-8-19(23)18(12-16)21-13-22;3-2(4,5)1(6)7/h3-8,12-14,20,23H,9-11H2,1-2H3,(H,21,22);(H,6,7). The highest BCUT2D eigenvalue weighted by atomic mass is 19.4. The Morgan fingerprint density at radius 1 is 1.16 bits per heavy atom. The smallest absolute Gasteiger partial charge is 0.490 e. The molecule has 4 N–H and O–H groups in total. The number of methoxy groups -OCH3 is 1. The number of carbonyl (C=O) groups is 2. The van der Waals surface area contributed by atoms with Crippen LogP contribution in [0.25, 0.3) is 0 Å². The molecular weight excluding hydrogens is 417 g/mol. The van der Waals surface area contributed by atoms with Crippen LogP contribution in [0.15, 0.2) is 42.5 Å². The summed E-state index contributed by atoms with van der Waals surface area (Å²) < 4.78 is 36.9. The van der Waals surface area contributed by atoms with Gasteiger partial charge in [0, 0.05) is 6.04 Å². The lowest BCUT2D eigenvalue weighted by Gasteiger charge is -2.14. The highest BCUT2D eigenvalue weighted by molar-refractivity contribution is 5.75. The summed E-state index contributed by atoms with van der Waals surface area (Å²) in [6, 6.07) is 13.7. The molecule has 0 spiro atoms. The van der Waals surface area contributed by atoms with E-state index in [0.29, 0.717) is 18.1 Å².